The predicted molar refractivity (Wildman–Crippen MR) is 61.4 cm³/mol. The fourth-order valence-corrected chi connectivity index (χ4v) is 1.35. The van der Waals surface area contributed by atoms with E-state index in [0.29, 0.717) is 6.54 Å². The van der Waals surface area contributed by atoms with Gasteiger partial charge in [0.25, 0.3) is 5.56 Å². The van der Waals surface area contributed by atoms with E-state index in [0.717, 1.165) is 6.42 Å². The molecule has 0 fully saturated rings. The Morgan fingerprint density at radius 2 is 2.38 bits per heavy atom. The first-order chi connectivity index (χ1) is 7.69. The van der Waals surface area contributed by atoms with Gasteiger partial charge in [0.15, 0.2) is 5.82 Å². The van der Waals surface area contributed by atoms with Gasteiger partial charge in [-0.15, -0.1) is 0 Å². The summed E-state index contributed by atoms with van der Waals surface area (Å²) in [5.74, 6) is 0.145. The molecule has 0 aliphatic heterocycles. The Morgan fingerprint density at radius 1 is 1.62 bits per heavy atom. The number of carbonyl (C=O) groups excluding carboxylic acids is 1. The number of likely N-dealkylation sites (N-methyl/N-ethyl adjacent to an activating group) is 1. The van der Waals surface area contributed by atoms with Gasteiger partial charge in [-0.1, -0.05) is 6.92 Å². The van der Waals surface area contributed by atoms with Crippen LogP contribution in [0.1, 0.15) is 13.3 Å². The fourth-order valence-electron chi connectivity index (χ4n) is 1.35. The number of nitrogens with one attached hydrogen (secondary N) is 2. The van der Waals surface area contributed by atoms with Crippen LogP contribution in [-0.2, 0) is 4.79 Å². The van der Waals surface area contributed by atoms with Crippen LogP contribution in [0.5, 0.6) is 0 Å². The first-order valence-corrected chi connectivity index (χ1v) is 5.18. The van der Waals surface area contributed by atoms with E-state index < -0.39 is 0 Å². The van der Waals surface area contributed by atoms with Crippen LogP contribution < -0.4 is 15.8 Å². The number of hydrogen-bond donors (Lipinski definition) is 2. The molecule has 0 bridgehead atoms. The minimum Gasteiger partial charge on any atom is -0.358 e. The lowest BCUT2D eigenvalue weighted by atomic mass is 10.4. The highest BCUT2D eigenvalue weighted by Gasteiger charge is 2.13. The third-order valence-corrected chi connectivity index (χ3v) is 2.10. The number of aromatic amines is 1. The highest BCUT2D eigenvalue weighted by molar-refractivity contribution is 5.80. The summed E-state index contributed by atoms with van der Waals surface area (Å²) < 4.78 is 0. The van der Waals surface area contributed by atoms with Crippen LogP contribution in [-0.4, -0.2) is 36.0 Å². The van der Waals surface area contributed by atoms with Crippen molar-refractivity contribution in [1.82, 2.24) is 15.3 Å². The molecule has 0 aliphatic rings. The summed E-state index contributed by atoms with van der Waals surface area (Å²) in [6, 6.07) is 0. The molecule has 0 saturated heterocycles. The first kappa shape index (κ1) is 12.2. The second-order valence-electron chi connectivity index (χ2n) is 3.34. The molecule has 1 rings (SSSR count). The maximum atomic E-state index is 11.5. The average molecular weight is 224 g/mol. The number of amides is 1. The molecule has 88 valence electrons. The van der Waals surface area contributed by atoms with Gasteiger partial charge < -0.3 is 15.2 Å². The Kier molecular flexibility index (Phi) is 4.50. The Labute approximate surface area is 93.7 Å². The molecule has 0 saturated carbocycles. The van der Waals surface area contributed by atoms with E-state index in [9.17, 15) is 9.59 Å². The molecule has 1 heterocycles. The van der Waals surface area contributed by atoms with Crippen molar-refractivity contribution in [3.8, 4) is 0 Å². The Hall–Kier alpha value is -1.85. The number of H-pyrrole nitrogens is 1. The molecule has 0 aromatic carbocycles. The maximum absolute atomic E-state index is 11.5. The third kappa shape index (κ3) is 3.08. The van der Waals surface area contributed by atoms with Gasteiger partial charge in [-0.05, 0) is 6.42 Å². The van der Waals surface area contributed by atoms with Gasteiger partial charge >= 0.3 is 0 Å². The zero-order valence-electron chi connectivity index (χ0n) is 9.49. The molecule has 0 spiro atoms. The molecule has 0 atom stereocenters. The Bertz CT molecular complexity index is 402. The molecule has 0 aliphatic carbocycles. The lowest BCUT2D eigenvalue weighted by Crippen LogP contribution is -2.39. The molecule has 0 unspecified atom stereocenters. The number of aromatic nitrogens is 2. The van der Waals surface area contributed by atoms with Crippen LogP contribution in [0.4, 0.5) is 5.82 Å². The SMILES string of the molecule is CCCN(CC(=O)NC)c1ncc[nH]c1=O. The minimum absolute atomic E-state index is 0.140. The summed E-state index contributed by atoms with van der Waals surface area (Å²) in [6.45, 7) is 2.74. The van der Waals surface area contributed by atoms with Crippen LogP contribution in [0.2, 0.25) is 0 Å². The highest BCUT2D eigenvalue weighted by atomic mass is 16.2. The van der Waals surface area contributed by atoms with Crippen LogP contribution in [0, 0.1) is 0 Å². The van der Waals surface area contributed by atoms with Crippen molar-refractivity contribution in [2.24, 2.45) is 0 Å². The van der Waals surface area contributed by atoms with Crippen LogP contribution in [0.15, 0.2) is 17.2 Å². The summed E-state index contributed by atoms with van der Waals surface area (Å²) in [5.41, 5.74) is -0.278. The average Bonchev–Trinajstić information content (AvgIpc) is 2.29. The van der Waals surface area contributed by atoms with Gasteiger partial charge in [-0.3, -0.25) is 9.59 Å². The van der Waals surface area contributed by atoms with Crippen molar-refractivity contribution >= 4 is 11.7 Å². The van der Waals surface area contributed by atoms with Gasteiger partial charge in [0.05, 0.1) is 6.54 Å². The molecule has 0 radical (unpaired) electrons. The zero-order chi connectivity index (χ0) is 12.0. The monoisotopic (exact) mass is 224 g/mol. The summed E-state index contributed by atoms with van der Waals surface area (Å²) in [4.78, 5) is 31.0. The molecule has 1 amide bonds. The number of hydrogen-bond acceptors (Lipinski definition) is 4. The normalized spacial score (nSPS) is 9.88. The largest absolute Gasteiger partial charge is 0.358 e. The van der Waals surface area contributed by atoms with E-state index >= 15 is 0 Å². The van der Waals surface area contributed by atoms with Crippen molar-refractivity contribution in [1.29, 1.82) is 0 Å². The molecule has 6 heteroatoms. The number of carbonyl (C=O) groups is 1. The van der Waals surface area contributed by atoms with Gasteiger partial charge in [0.2, 0.25) is 5.91 Å². The molecule has 2 N–H and O–H groups in total. The summed E-state index contributed by atoms with van der Waals surface area (Å²) in [7, 11) is 1.56. The lowest BCUT2D eigenvalue weighted by molar-refractivity contribution is -0.119. The summed E-state index contributed by atoms with van der Waals surface area (Å²) in [5, 5.41) is 2.52. The minimum atomic E-state index is -0.278. The van der Waals surface area contributed by atoms with Crippen molar-refractivity contribution < 1.29 is 4.79 Å². The smallest absolute Gasteiger partial charge is 0.290 e. The molecule has 1 aromatic rings. The molecular formula is C10H16N4O2. The predicted octanol–water partition coefficient (Wildman–Crippen LogP) is -0.268. The van der Waals surface area contributed by atoms with Crippen molar-refractivity contribution in [3.63, 3.8) is 0 Å². The van der Waals surface area contributed by atoms with E-state index in [2.05, 4.69) is 15.3 Å². The fraction of sp³-hybridized carbons (Fsp3) is 0.500. The highest BCUT2D eigenvalue weighted by Crippen LogP contribution is 2.02. The quantitative estimate of drug-likeness (QED) is 0.722. The molecular weight excluding hydrogens is 208 g/mol. The van der Waals surface area contributed by atoms with Crippen LogP contribution >= 0.6 is 0 Å². The first-order valence-electron chi connectivity index (χ1n) is 5.18. The molecule has 16 heavy (non-hydrogen) atoms. The second-order valence-corrected chi connectivity index (χ2v) is 3.34. The molecule has 6 nitrogen and oxygen atoms in total. The van der Waals surface area contributed by atoms with Crippen molar-refractivity contribution in [2.45, 2.75) is 13.3 Å². The van der Waals surface area contributed by atoms with E-state index in [1.54, 1.807) is 11.9 Å². The summed E-state index contributed by atoms with van der Waals surface area (Å²) in [6.07, 6.45) is 3.81. The topological polar surface area (TPSA) is 78.1 Å². The summed E-state index contributed by atoms with van der Waals surface area (Å²) >= 11 is 0. The maximum Gasteiger partial charge on any atom is 0.290 e. The van der Waals surface area contributed by atoms with Gasteiger partial charge in [-0.25, -0.2) is 4.98 Å². The van der Waals surface area contributed by atoms with E-state index in [-0.39, 0.29) is 23.8 Å². The Morgan fingerprint density at radius 3 is 2.94 bits per heavy atom. The lowest BCUT2D eigenvalue weighted by Gasteiger charge is -2.20. The number of anilines is 1. The van der Waals surface area contributed by atoms with Crippen LogP contribution in [0.3, 0.4) is 0 Å². The number of rotatable bonds is 5. The third-order valence-electron chi connectivity index (χ3n) is 2.10. The Balaban J connectivity index is 2.89. The van der Waals surface area contributed by atoms with Crippen LogP contribution in [0.25, 0.3) is 0 Å². The second kappa shape index (κ2) is 5.89. The molecule has 1 aromatic heterocycles. The van der Waals surface area contributed by atoms with Crippen molar-refractivity contribution in [3.05, 3.63) is 22.7 Å². The van der Waals surface area contributed by atoms with E-state index in [1.165, 1.54) is 12.4 Å². The number of nitrogens with zero attached hydrogens (tertiary/aromatic N) is 2. The van der Waals surface area contributed by atoms with E-state index in [4.69, 9.17) is 0 Å². The van der Waals surface area contributed by atoms with Crippen molar-refractivity contribution in [2.75, 3.05) is 25.0 Å². The van der Waals surface area contributed by atoms with Gasteiger partial charge in [-0.2, -0.15) is 0 Å². The zero-order valence-corrected chi connectivity index (χ0v) is 9.49. The van der Waals surface area contributed by atoms with Gasteiger partial charge in [0, 0.05) is 26.0 Å². The van der Waals surface area contributed by atoms with E-state index in [1.807, 2.05) is 6.92 Å². The van der Waals surface area contributed by atoms with Gasteiger partial charge in [0.1, 0.15) is 0 Å². The standard InChI is InChI=1S/C10H16N4O2/c1-3-6-14(7-8(15)11-2)9-10(16)13-5-4-12-9/h4-5H,3,6-7H2,1-2H3,(H,11,15)(H,13,16).